The highest BCUT2D eigenvalue weighted by atomic mass is 19.1. The maximum Gasteiger partial charge on any atom is 0.240 e. The van der Waals surface area contributed by atoms with E-state index in [0.717, 1.165) is 5.56 Å². The number of aliphatic hydroxyl groups excluding tert-OH is 1. The maximum absolute atomic E-state index is 12.8. The first-order chi connectivity index (χ1) is 9.97. The first-order valence-electron chi connectivity index (χ1n) is 6.83. The molecule has 1 aliphatic rings. The van der Waals surface area contributed by atoms with Gasteiger partial charge in [-0.15, -0.1) is 0 Å². The van der Waals surface area contributed by atoms with Crippen LogP contribution in [0.25, 0.3) is 0 Å². The van der Waals surface area contributed by atoms with Gasteiger partial charge in [-0.2, -0.15) is 0 Å². The van der Waals surface area contributed by atoms with Gasteiger partial charge in [-0.05, 0) is 30.5 Å². The van der Waals surface area contributed by atoms with E-state index in [1.807, 2.05) is 0 Å². The molecule has 0 spiro atoms. The summed E-state index contributed by atoms with van der Waals surface area (Å²) in [6, 6.07) is 5.09. The minimum Gasteiger partial charge on any atom is -0.393 e. The normalized spacial score (nSPS) is 22.1. The molecule has 1 saturated heterocycles. The second-order valence-electron chi connectivity index (χ2n) is 5.16. The SMILES string of the molecule is NC(=O)C1C[C@@H](O)CCN1C(=O)[CH]Cc1ccc(F)cc1. The van der Waals surface area contributed by atoms with Gasteiger partial charge in [0, 0.05) is 13.0 Å². The van der Waals surface area contributed by atoms with Gasteiger partial charge in [0.25, 0.3) is 0 Å². The standard InChI is InChI=1S/C15H18FN2O3/c16-11-4-1-10(2-5-11)3-6-14(20)18-8-7-12(19)9-13(18)15(17)21/h1-2,4-6,12-13,19H,3,7-9H2,(H2,17,21)/t12-,13?/m0/s1. The highest BCUT2D eigenvalue weighted by Crippen LogP contribution is 2.19. The molecule has 2 atom stereocenters. The number of carbonyl (C=O) groups excluding carboxylic acids is 2. The third-order valence-corrected chi connectivity index (χ3v) is 3.61. The Kier molecular flexibility index (Phi) is 4.90. The van der Waals surface area contributed by atoms with Gasteiger partial charge in [0.15, 0.2) is 0 Å². The van der Waals surface area contributed by atoms with Crippen LogP contribution >= 0.6 is 0 Å². The topological polar surface area (TPSA) is 83.6 Å². The Labute approximate surface area is 122 Å². The number of primary amides is 1. The molecule has 1 heterocycles. The first kappa shape index (κ1) is 15.4. The number of benzene rings is 1. The van der Waals surface area contributed by atoms with Crippen LogP contribution in [0.1, 0.15) is 18.4 Å². The Morgan fingerprint density at radius 2 is 2.05 bits per heavy atom. The molecule has 0 aromatic heterocycles. The summed E-state index contributed by atoms with van der Waals surface area (Å²) in [5, 5.41) is 9.57. The van der Waals surface area contributed by atoms with Crippen LogP contribution in [-0.4, -0.2) is 40.5 Å². The van der Waals surface area contributed by atoms with Gasteiger partial charge in [0.2, 0.25) is 11.8 Å². The Balaban J connectivity index is 1.95. The van der Waals surface area contributed by atoms with Gasteiger partial charge in [-0.25, -0.2) is 4.39 Å². The zero-order valence-electron chi connectivity index (χ0n) is 11.5. The molecule has 1 unspecified atom stereocenters. The molecule has 0 aliphatic carbocycles. The van der Waals surface area contributed by atoms with Crippen LogP contribution in [0.2, 0.25) is 0 Å². The lowest BCUT2D eigenvalue weighted by atomic mass is 9.98. The molecule has 113 valence electrons. The predicted octanol–water partition coefficient (Wildman–Crippen LogP) is 0.410. The summed E-state index contributed by atoms with van der Waals surface area (Å²) < 4.78 is 12.8. The van der Waals surface area contributed by atoms with Crippen molar-refractivity contribution >= 4 is 11.8 Å². The van der Waals surface area contributed by atoms with E-state index in [4.69, 9.17) is 5.73 Å². The molecule has 21 heavy (non-hydrogen) atoms. The van der Waals surface area contributed by atoms with Crippen molar-refractivity contribution in [2.75, 3.05) is 6.54 Å². The highest BCUT2D eigenvalue weighted by Gasteiger charge is 2.34. The molecule has 6 heteroatoms. The van der Waals surface area contributed by atoms with Crippen molar-refractivity contribution in [3.63, 3.8) is 0 Å². The molecular formula is C15H18FN2O3. The van der Waals surface area contributed by atoms with Gasteiger partial charge in [0.05, 0.1) is 12.5 Å². The largest absolute Gasteiger partial charge is 0.393 e. The molecule has 2 rings (SSSR count). The number of nitrogens with two attached hydrogens (primary N) is 1. The molecule has 1 radical (unpaired) electrons. The first-order valence-corrected chi connectivity index (χ1v) is 6.83. The fraction of sp³-hybridized carbons (Fsp3) is 0.400. The van der Waals surface area contributed by atoms with Crippen LogP contribution in [0.5, 0.6) is 0 Å². The van der Waals surface area contributed by atoms with Crippen LogP contribution in [-0.2, 0) is 16.0 Å². The Morgan fingerprint density at radius 3 is 2.67 bits per heavy atom. The molecular weight excluding hydrogens is 275 g/mol. The van der Waals surface area contributed by atoms with Crippen LogP contribution < -0.4 is 5.73 Å². The number of hydrogen-bond acceptors (Lipinski definition) is 3. The van der Waals surface area contributed by atoms with Crippen LogP contribution in [0.4, 0.5) is 4.39 Å². The summed E-state index contributed by atoms with van der Waals surface area (Å²) in [5.41, 5.74) is 6.09. The van der Waals surface area contributed by atoms with Crippen LogP contribution in [0.15, 0.2) is 24.3 Å². The van der Waals surface area contributed by atoms with Crippen LogP contribution in [0, 0.1) is 12.2 Å². The fourth-order valence-electron chi connectivity index (χ4n) is 2.42. The number of piperidine rings is 1. The Bertz CT molecular complexity index is 518. The number of carbonyl (C=O) groups is 2. The monoisotopic (exact) mass is 293 g/mol. The van der Waals surface area contributed by atoms with E-state index in [1.165, 1.54) is 23.5 Å². The lowest BCUT2D eigenvalue weighted by molar-refractivity contribution is -0.140. The molecule has 0 bridgehead atoms. The minimum atomic E-state index is -0.772. The van der Waals surface area contributed by atoms with Crippen molar-refractivity contribution in [2.45, 2.75) is 31.4 Å². The number of hydrogen-bond donors (Lipinski definition) is 2. The lowest BCUT2D eigenvalue weighted by Gasteiger charge is -2.36. The molecule has 2 amide bonds. The molecule has 5 nitrogen and oxygen atoms in total. The molecule has 1 aromatic carbocycles. The molecule has 1 aliphatic heterocycles. The second kappa shape index (κ2) is 6.67. The Hall–Kier alpha value is -1.95. The summed E-state index contributed by atoms with van der Waals surface area (Å²) in [7, 11) is 0. The van der Waals surface area contributed by atoms with Crippen molar-refractivity contribution in [1.82, 2.24) is 4.90 Å². The number of rotatable bonds is 4. The summed E-state index contributed by atoms with van der Waals surface area (Å²) in [6.07, 6.45) is 1.79. The van der Waals surface area contributed by atoms with Gasteiger partial charge in [-0.1, -0.05) is 12.1 Å². The van der Waals surface area contributed by atoms with Crippen LogP contribution in [0.3, 0.4) is 0 Å². The summed E-state index contributed by atoms with van der Waals surface area (Å²) >= 11 is 0. The number of likely N-dealkylation sites (tertiary alicyclic amines) is 1. The average molecular weight is 293 g/mol. The van der Waals surface area contributed by atoms with Gasteiger partial charge in [0.1, 0.15) is 11.9 Å². The van der Waals surface area contributed by atoms with Crippen molar-refractivity contribution in [3.8, 4) is 0 Å². The number of halogens is 1. The van der Waals surface area contributed by atoms with Crippen molar-refractivity contribution in [3.05, 3.63) is 42.1 Å². The maximum atomic E-state index is 12.8. The number of nitrogens with zero attached hydrogens (tertiary/aromatic N) is 1. The lowest BCUT2D eigenvalue weighted by Crippen LogP contribution is -2.53. The highest BCUT2D eigenvalue weighted by molar-refractivity contribution is 5.91. The van der Waals surface area contributed by atoms with E-state index in [1.54, 1.807) is 12.1 Å². The quantitative estimate of drug-likeness (QED) is 0.843. The molecule has 3 N–H and O–H groups in total. The average Bonchev–Trinajstić information content (AvgIpc) is 2.46. The number of aliphatic hydroxyl groups is 1. The van der Waals surface area contributed by atoms with E-state index >= 15 is 0 Å². The van der Waals surface area contributed by atoms with Crippen molar-refractivity contribution < 1.29 is 19.1 Å². The van der Waals surface area contributed by atoms with Gasteiger partial charge in [-0.3, -0.25) is 9.59 Å². The minimum absolute atomic E-state index is 0.172. The molecule has 1 fully saturated rings. The second-order valence-corrected chi connectivity index (χ2v) is 5.16. The zero-order chi connectivity index (χ0) is 15.4. The van der Waals surface area contributed by atoms with E-state index in [0.29, 0.717) is 19.4 Å². The summed E-state index contributed by atoms with van der Waals surface area (Å²) in [6.45, 7) is 0.299. The molecule has 0 saturated carbocycles. The van der Waals surface area contributed by atoms with Crippen molar-refractivity contribution in [1.29, 1.82) is 0 Å². The van der Waals surface area contributed by atoms with E-state index in [9.17, 15) is 19.1 Å². The van der Waals surface area contributed by atoms with Crippen molar-refractivity contribution in [2.24, 2.45) is 5.73 Å². The fourth-order valence-corrected chi connectivity index (χ4v) is 2.42. The van der Waals surface area contributed by atoms with Gasteiger partial charge >= 0.3 is 0 Å². The predicted molar refractivity (Wildman–Crippen MR) is 74.3 cm³/mol. The smallest absolute Gasteiger partial charge is 0.240 e. The summed E-state index contributed by atoms with van der Waals surface area (Å²) in [5.74, 6) is -1.24. The van der Waals surface area contributed by atoms with E-state index in [2.05, 4.69) is 0 Å². The number of amides is 2. The zero-order valence-corrected chi connectivity index (χ0v) is 11.5. The Morgan fingerprint density at radius 1 is 1.38 bits per heavy atom. The van der Waals surface area contributed by atoms with E-state index in [-0.39, 0.29) is 18.1 Å². The summed E-state index contributed by atoms with van der Waals surface area (Å²) in [4.78, 5) is 24.9. The van der Waals surface area contributed by atoms with Gasteiger partial charge < -0.3 is 15.7 Å². The van der Waals surface area contributed by atoms with E-state index < -0.39 is 18.1 Å². The third-order valence-electron chi connectivity index (χ3n) is 3.61. The third kappa shape index (κ3) is 4.01. The molecule has 1 aromatic rings.